The van der Waals surface area contributed by atoms with Crippen molar-refractivity contribution in [2.24, 2.45) is 7.05 Å². The van der Waals surface area contributed by atoms with Crippen molar-refractivity contribution in [3.8, 4) is 17.0 Å². The molecule has 2 aromatic rings. The van der Waals surface area contributed by atoms with Crippen LogP contribution in [0, 0.1) is 13.8 Å². The molecule has 0 fully saturated rings. The van der Waals surface area contributed by atoms with Crippen LogP contribution in [0.5, 0.6) is 5.75 Å². The van der Waals surface area contributed by atoms with Gasteiger partial charge >= 0.3 is 0 Å². The van der Waals surface area contributed by atoms with Crippen LogP contribution in [0.15, 0.2) is 16.7 Å². The zero-order valence-electron chi connectivity index (χ0n) is 10.9. The average Bonchev–Trinajstić information content (AvgIpc) is 2.56. The molecule has 0 unspecified atom stereocenters. The lowest BCUT2D eigenvalue weighted by atomic mass is 10.0. The van der Waals surface area contributed by atoms with E-state index in [1.54, 1.807) is 7.11 Å². The molecule has 0 atom stereocenters. The van der Waals surface area contributed by atoms with Gasteiger partial charge in [-0.3, -0.25) is 0 Å². The van der Waals surface area contributed by atoms with Crippen LogP contribution in [-0.2, 0) is 7.05 Å². The molecule has 0 amide bonds. The second-order valence-electron chi connectivity index (χ2n) is 4.31. The SMILES string of the molecule is COc1cc(C)c(-c2c(Br)nc(N)n2C)cc1C. The number of aryl methyl sites for hydroxylation is 2. The Hall–Kier alpha value is -1.49. The molecule has 0 aliphatic rings. The maximum atomic E-state index is 5.82. The topological polar surface area (TPSA) is 53.1 Å². The normalized spacial score (nSPS) is 10.7. The summed E-state index contributed by atoms with van der Waals surface area (Å²) < 4.78 is 7.96. The molecule has 1 aromatic heterocycles. The lowest BCUT2D eigenvalue weighted by Crippen LogP contribution is -2.00. The molecule has 0 saturated heterocycles. The maximum Gasteiger partial charge on any atom is 0.201 e. The van der Waals surface area contributed by atoms with E-state index in [1.165, 1.54) is 0 Å². The molecular formula is C13H16BrN3O. The summed E-state index contributed by atoms with van der Waals surface area (Å²) in [7, 11) is 3.58. The monoisotopic (exact) mass is 309 g/mol. The third kappa shape index (κ3) is 1.99. The summed E-state index contributed by atoms with van der Waals surface area (Å²) in [5.74, 6) is 1.38. The van der Waals surface area contributed by atoms with Crippen molar-refractivity contribution in [1.82, 2.24) is 9.55 Å². The molecule has 0 radical (unpaired) electrons. The highest BCUT2D eigenvalue weighted by Crippen LogP contribution is 2.34. The van der Waals surface area contributed by atoms with Gasteiger partial charge in [-0.1, -0.05) is 0 Å². The van der Waals surface area contributed by atoms with Crippen LogP contribution in [0.2, 0.25) is 0 Å². The van der Waals surface area contributed by atoms with E-state index in [4.69, 9.17) is 10.5 Å². The molecule has 2 rings (SSSR count). The van der Waals surface area contributed by atoms with Gasteiger partial charge in [0.2, 0.25) is 5.95 Å². The van der Waals surface area contributed by atoms with Crippen molar-refractivity contribution in [2.45, 2.75) is 13.8 Å². The molecule has 96 valence electrons. The minimum absolute atomic E-state index is 0.491. The van der Waals surface area contributed by atoms with Gasteiger partial charge in [0.05, 0.1) is 12.8 Å². The van der Waals surface area contributed by atoms with Gasteiger partial charge in [0.15, 0.2) is 0 Å². The summed E-state index contributed by atoms with van der Waals surface area (Å²) in [6, 6.07) is 4.12. The number of hydrogen-bond acceptors (Lipinski definition) is 3. The molecule has 1 heterocycles. The fraction of sp³-hybridized carbons (Fsp3) is 0.308. The Morgan fingerprint density at radius 2 is 1.94 bits per heavy atom. The van der Waals surface area contributed by atoms with Gasteiger partial charge in [0, 0.05) is 12.6 Å². The van der Waals surface area contributed by atoms with Crippen LogP contribution in [0.25, 0.3) is 11.3 Å². The second-order valence-corrected chi connectivity index (χ2v) is 5.06. The zero-order valence-corrected chi connectivity index (χ0v) is 12.5. The van der Waals surface area contributed by atoms with Crippen LogP contribution >= 0.6 is 15.9 Å². The van der Waals surface area contributed by atoms with Crippen LogP contribution < -0.4 is 10.5 Å². The fourth-order valence-corrected chi connectivity index (χ4v) is 2.70. The quantitative estimate of drug-likeness (QED) is 0.927. The number of rotatable bonds is 2. The molecule has 2 N–H and O–H groups in total. The van der Waals surface area contributed by atoms with E-state index < -0.39 is 0 Å². The third-order valence-electron chi connectivity index (χ3n) is 3.08. The average molecular weight is 310 g/mol. The van der Waals surface area contributed by atoms with Crippen LogP contribution in [0.4, 0.5) is 5.95 Å². The number of imidazole rings is 1. The van der Waals surface area contributed by atoms with E-state index in [9.17, 15) is 0 Å². The van der Waals surface area contributed by atoms with E-state index in [1.807, 2.05) is 31.5 Å². The highest BCUT2D eigenvalue weighted by molar-refractivity contribution is 9.10. The lowest BCUT2D eigenvalue weighted by Gasteiger charge is -2.12. The molecule has 4 nitrogen and oxygen atoms in total. The smallest absolute Gasteiger partial charge is 0.201 e. The lowest BCUT2D eigenvalue weighted by molar-refractivity contribution is 0.411. The number of nitrogens with zero attached hydrogens (tertiary/aromatic N) is 2. The number of benzene rings is 1. The first-order chi connectivity index (χ1) is 8.45. The Morgan fingerprint density at radius 3 is 2.44 bits per heavy atom. The van der Waals surface area contributed by atoms with Crippen molar-refractivity contribution in [2.75, 3.05) is 12.8 Å². The number of nitrogens with two attached hydrogens (primary N) is 1. The summed E-state index contributed by atoms with van der Waals surface area (Å²) in [5.41, 5.74) is 10.1. The van der Waals surface area contributed by atoms with Gasteiger partial charge in [0.25, 0.3) is 0 Å². The van der Waals surface area contributed by atoms with Crippen molar-refractivity contribution >= 4 is 21.9 Å². The number of nitrogen functional groups attached to an aromatic ring is 1. The first-order valence-corrected chi connectivity index (χ1v) is 6.38. The van der Waals surface area contributed by atoms with Crippen molar-refractivity contribution < 1.29 is 4.74 Å². The Kier molecular flexibility index (Phi) is 3.34. The molecule has 18 heavy (non-hydrogen) atoms. The minimum atomic E-state index is 0.491. The van der Waals surface area contributed by atoms with Crippen molar-refractivity contribution in [1.29, 1.82) is 0 Å². The minimum Gasteiger partial charge on any atom is -0.496 e. The van der Waals surface area contributed by atoms with Gasteiger partial charge in [-0.2, -0.15) is 0 Å². The van der Waals surface area contributed by atoms with Crippen molar-refractivity contribution in [3.05, 3.63) is 27.9 Å². The second kappa shape index (κ2) is 4.65. The van der Waals surface area contributed by atoms with E-state index >= 15 is 0 Å². The Morgan fingerprint density at radius 1 is 1.28 bits per heavy atom. The van der Waals surface area contributed by atoms with Crippen molar-refractivity contribution in [3.63, 3.8) is 0 Å². The van der Waals surface area contributed by atoms with Gasteiger partial charge in [-0.25, -0.2) is 4.98 Å². The Labute approximate surface area is 115 Å². The van der Waals surface area contributed by atoms with E-state index in [2.05, 4.69) is 27.0 Å². The number of hydrogen-bond donors (Lipinski definition) is 1. The number of ether oxygens (including phenoxy) is 1. The molecule has 0 saturated carbocycles. The standard InChI is InChI=1S/C13H16BrN3O/c1-7-6-10(18-4)8(2)5-9(7)11-12(14)16-13(15)17(11)3/h5-6H,1-4H3,(H2,15,16). The fourth-order valence-electron chi connectivity index (χ4n) is 2.04. The molecule has 0 aliphatic heterocycles. The Balaban J connectivity index is 2.68. The van der Waals surface area contributed by atoms with Crippen LogP contribution in [-0.4, -0.2) is 16.7 Å². The largest absolute Gasteiger partial charge is 0.496 e. The van der Waals surface area contributed by atoms with Crippen LogP contribution in [0.3, 0.4) is 0 Å². The highest BCUT2D eigenvalue weighted by atomic mass is 79.9. The molecule has 0 aliphatic carbocycles. The first kappa shape index (κ1) is 13.0. The summed E-state index contributed by atoms with van der Waals surface area (Å²) >= 11 is 3.46. The van der Waals surface area contributed by atoms with E-state index in [0.717, 1.165) is 32.7 Å². The predicted octanol–water partition coefficient (Wildman–Crippen LogP) is 3.06. The molecule has 0 bridgehead atoms. The van der Waals surface area contributed by atoms with Gasteiger partial charge < -0.3 is 15.0 Å². The highest BCUT2D eigenvalue weighted by Gasteiger charge is 2.16. The first-order valence-electron chi connectivity index (χ1n) is 5.59. The van der Waals surface area contributed by atoms with E-state index in [0.29, 0.717) is 5.95 Å². The summed E-state index contributed by atoms with van der Waals surface area (Å²) in [6.45, 7) is 4.07. The van der Waals surface area contributed by atoms with Gasteiger partial charge in [0.1, 0.15) is 10.4 Å². The molecular weight excluding hydrogens is 294 g/mol. The number of anilines is 1. The molecule has 5 heteroatoms. The summed E-state index contributed by atoms with van der Waals surface area (Å²) in [5, 5.41) is 0. The maximum absolute atomic E-state index is 5.82. The molecule has 1 aromatic carbocycles. The van der Waals surface area contributed by atoms with E-state index in [-0.39, 0.29) is 0 Å². The number of halogens is 1. The predicted molar refractivity (Wildman–Crippen MR) is 76.8 cm³/mol. The third-order valence-corrected chi connectivity index (χ3v) is 3.64. The Bertz CT molecular complexity index is 605. The number of aromatic nitrogens is 2. The zero-order chi connectivity index (χ0) is 13.4. The number of methoxy groups -OCH3 is 1. The van der Waals surface area contributed by atoms with Gasteiger partial charge in [-0.05, 0) is 53.0 Å². The van der Waals surface area contributed by atoms with Crippen LogP contribution in [0.1, 0.15) is 11.1 Å². The molecule has 0 spiro atoms. The summed E-state index contributed by atoms with van der Waals surface area (Å²) in [6.07, 6.45) is 0. The van der Waals surface area contributed by atoms with Gasteiger partial charge in [-0.15, -0.1) is 0 Å². The summed E-state index contributed by atoms with van der Waals surface area (Å²) in [4.78, 5) is 4.23.